The maximum atomic E-state index is 12.8. The number of aromatic nitrogens is 3. The van der Waals surface area contributed by atoms with Crippen LogP contribution < -0.4 is 10.6 Å². The molecule has 1 aromatic carbocycles. The summed E-state index contributed by atoms with van der Waals surface area (Å²) in [5, 5.41) is 19.0. The van der Waals surface area contributed by atoms with Crippen LogP contribution in [0.4, 0.5) is 5.13 Å². The maximum Gasteiger partial charge on any atom is 0.350 e. The van der Waals surface area contributed by atoms with Crippen LogP contribution in [0.1, 0.15) is 52.4 Å². The van der Waals surface area contributed by atoms with E-state index in [4.69, 9.17) is 4.74 Å². The molecule has 3 rings (SSSR count). The molecule has 35 heavy (non-hydrogen) atoms. The molecule has 3 aromatic rings. The Hall–Kier alpha value is -4.04. The highest BCUT2D eigenvalue weighted by molar-refractivity contribution is 7.17. The van der Waals surface area contributed by atoms with Gasteiger partial charge in [-0.2, -0.15) is 10.4 Å². The van der Waals surface area contributed by atoms with E-state index in [1.807, 2.05) is 25.4 Å². The second-order valence-electron chi connectivity index (χ2n) is 8.16. The average Bonchev–Trinajstić information content (AvgIpc) is 3.38. The summed E-state index contributed by atoms with van der Waals surface area (Å²) < 4.78 is 6.86. The highest BCUT2D eigenvalue weighted by Crippen LogP contribution is 2.24. The van der Waals surface area contributed by atoms with Crippen LogP contribution in [-0.2, 0) is 16.6 Å². The quantitative estimate of drug-likeness (QED) is 0.434. The van der Waals surface area contributed by atoms with Crippen LogP contribution in [0.5, 0.6) is 0 Å². The number of benzene rings is 1. The predicted molar refractivity (Wildman–Crippen MR) is 131 cm³/mol. The van der Waals surface area contributed by atoms with Gasteiger partial charge in [0, 0.05) is 30.8 Å². The number of anilines is 1. The molecule has 1 atom stereocenters. The van der Waals surface area contributed by atoms with E-state index < -0.39 is 23.8 Å². The molecular formula is C24H26N6O4S. The van der Waals surface area contributed by atoms with Crippen LogP contribution in [-0.4, -0.2) is 44.7 Å². The fraction of sp³-hybridized carbons (Fsp3) is 0.333. The van der Waals surface area contributed by atoms with Gasteiger partial charge in [-0.25, -0.2) is 9.78 Å². The normalized spacial score (nSPS) is 11.5. The van der Waals surface area contributed by atoms with Crippen LogP contribution in [0.2, 0.25) is 0 Å². The van der Waals surface area contributed by atoms with Gasteiger partial charge in [0.2, 0.25) is 5.91 Å². The lowest BCUT2D eigenvalue weighted by Crippen LogP contribution is -2.37. The van der Waals surface area contributed by atoms with E-state index in [-0.39, 0.29) is 24.1 Å². The molecule has 11 heteroatoms. The molecule has 0 unspecified atom stereocenters. The Kier molecular flexibility index (Phi) is 8.33. The van der Waals surface area contributed by atoms with E-state index in [2.05, 4.69) is 20.7 Å². The molecule has 0 saturated carbocycles. The number of nitrogens with zero attached hydrogens (tertiary/aromatic N) is 4. The number of thiazole rings is 1. The molecule has 0 saturated heterocycles. The van der Waals surface area contributed by atoms with E-state index >= 15 is 0 Å². The van der Waals surface area contributed by atoms with Gasteiger partial charge < -0.3 is 15.4 Å². The van der Waals surface area contributed by atoms with Gasteiger partial charge >= 0.3 is 5.97 Å². The topological polar surface area (TPSA) is 139 Å². The molecule has 2 aromatic heterocycles. The number of ether oxygens (including phenoxy) is 1. The van der Waals surface area contributed by atoms with Crippen LogP contribution in [0, 0.1) is 18.3 Å². The number of nitrogens with one attached hydrogen (secondary N) is 2. The SMILES string of the molecule is Cc1nc(NC(=O)C[C@H](CC#N)NC(=O)c2cccc(-c3cnn(C)c3)c2)sc1C(=O)OC(C)C. The fourth-order valence-electron chi connectivity index (χ4n) is 3.26. The van der Waals surface area contributed by atoms with Crippen molar-refractivity contribution < 1.29 is 19.1 Å². The lowest BCUT2D eigenvalue weighted by Gasteiger charge is -2.15. The number of hydrogen-bond donors (Lipinski definition) is 2. The van der Waals surface area contributed by atoms with Crippen molar-refractivity contribution in [1.29, 1.82) is 5.26 Å². The zero-order valence-electron chi connectivity index (χ0n) is 19.9. The molecule has 0 bridgehead atoms. The van der Waals surface area contributed by atoms with Crippen molar-refractivity contribution in [3.63, 3.8) is 0 Å². The first-order chi connectivity index (χ1) is 16.7. The third-order valence-electron chi connectivity index (χ3n) is 4.84. The fourth-order valence-corrected chi connectivity index (χ4v) is 4.13. The Morgan fingerprint density at radius 1 is 1.26 bits per heavy atom. The summed E-state index contributed by atoms with van der Waals surface area (Å²) in [6.45, 7) is 5.15. The van der Waals surface area contributed by atoms with Gasteiger partial charge in [0.25, 0.3) is 5.91 Å². The van der Waals surface area contributed by atoms with E-state index in [0.717, 1.165) is 22.5 Å². The van der Waals surface area contributed by atoms with Gasteiger partial charge in [0.05, 0.1) is 36.5 Å². The minimum atomic E-state index is -0.707. The number of carbonyl (C=O) groups excluding carboxylic acids is 3. The summed E-state index contributed by atoms with van der Waals surface area (Å²) >= 11 is 1.01. The standard InChI is InChI=1S/C24H26N6O4S/c1-14(2)34-23(33)21-15(3)27-24(35-21)29-20(31)11-19(8-9-25)28-22(32)17-7-5-6-16(10-17)18-12-26-30(4)13-18/h5-7,10,12-14,19H,8,11H2,1-4H3,(H,28,32)(H,27,29,31)/t19-/m0/s1. The number of amides is 2. The Morgan fingerprint density at radius 2 is 2.03 bits per heavy atom. The van der Waals surface area contributed by atoms with E-state index in [9.17, 15) is 19.6 Å². The molecule has 0 radical (unpaired) electrons. The van der Waals surface area contributed by atoms with Crippen LogP contribution in [0.15, 0.2) is 36.7 Å². The minimum absolute atomic E-state index is 0.0513. The Bertz CT molecular complexity index is 1270. The van der Waals surface area contributed by atoms with Gasteiger partial charge in [-0.3, -0.25) is 14.3 Å². The molecule has 0 spiro atoms. The van der Waals surface area contributed by atoms with Crippen molar-refractivity contribution in [2.75, 3.05) is 5.32 Å². The van der Waals surface area contributed by atoms with Crippen molar-refractivity contribution in [3.05, 3.63) is 52.8 Å². The Morgan fingerprint density at radius 3 is 2.69 bits per heavy atom. The highest BCUT2D eigenvalue weighted by atomic mass is 32.1. The molecule has 2 heterocycles. The molecule has 2 N–H and O–H groups in total. The Labute approximate surface area is 206 Å². The first kappa shape index (κ1) is 25.6. The zero-order valence-corrected chi connectivity index (χ0v) is 20.7. The zero-order chi connectivity index (χ0) is 25.5. The van der Waals surface area contributed by atoms with E-state index in [1.54, 1.807) is 49.8 Å². The van der Waals surface area contributed by atoms with Crippen molar-refractivity contribution in [2.45, 2.75) is 45.8 Å². The van der Waals surface area contributed by atoms with Gasteiger partial charge in [-0.05, 0) is 38.5 Å². The summed E-state index contributed by atoms with van der Waals surface area (Å²) in [5.41, 5.74) is 2.54. The molecular weight excluding hydrogens is 468 g/mol. The number of rotatable bonds is 9. The molecule has 0 aliphatic rings. The third-order valence-corrected chi connectivity index (χ3v) is 5.89. The minimum Gasteiger partial charge on any atom is -0.459 e. The average molecular weight is 495 g/mol. The summed E-state index contributed by atoms with van der Waals surface area (Å²) in [6, 6.07) is 8.31. The van der Waals surface area contributed by atoms with Crippen LogP contribution in [0.3, 0.4) is 0 Å². The third kappa shape index (κ3) is 6.97. The van der Waals surface area contributed by atoms with Gasteiger partial charge in [0.15, 0.2) is 5.13 Å². The van der Waals surface area contributed by atoms with Gasteiger partial charge in [-0.1, -0.05) is 23.5 Å². The van der Waals surface area contributed by atoms with E-state index in [0.29, 0.717) is 16.1 Å². The van der Waals surface area contributed by atoms with Crippen molar-refractivity contribution in [2.24, 2.45) is 7.05 Å². The number of nitriles is 1. The highest BCUT2D eigenvalue weighted by Gasteiger charge is 2.21. The molecule has 0 aliphatic heterocycles. The summed E-state index contributed by atoms with van der Waals surface area (Å²) in [4.78, 5) is 42.1. The maximum absolute atomic E-state index is 12.8. The first-order valence-electron chi connectivity index (χ1n) is 10.9. The van der Waals surface area contributed by atoms with Crippen molar-refractivity contribution >= 4 is 34.3 Å². The molecule has 0 aliphatic carbocycles. The number of aryl methyl sites for hydroxylation is 2. The summed E-state index contributed by atoms with van der Waals surface area (Å²) in [7, 11) is 1.81. The molecule has 0 fully saturated rings. The van der Waals surface area contributed by atoms with Crippen molar-refractivity contribution in [3.8, 4) is 17.2 Å². The Balaban J connectivity index is 1.64. The van der Waals surface area contributed by atoms with E-state index in [1.165, 1.54) is 0 Å². The molecule has 182 valence electrons. The largest absolute Gasteiger partial charge is 0.459 e. The van der Waals surface area contributed by atoms with Gasteiger partial charge in [-0.15, -0.1) is 0 Å². The summed E-state index contributed by atoms with van der Waals surface area (Å²) in [6.07, 6.45) is 3.08. The summed E-state index contributed by atoms with van der Waals surface area (Å²) in [5.74, 6) is -1.33. The van der Waals surface area contributed by atoms with Crippen LogP contribution >= 0.6 is 11.3 Å². The van der Waals surface area contributed by atoms with Crippen molar-refractivity contribution in [1.82, 2.24) is 20.1 Å². The number of carbonyl (C=O) groups is 3. The first-order valence-corrected chi connectivity index (χ1v) is 11.7. The lowest BCUT2D eigenvalue weighted by molar-refractivity contribution is -0.116. The smallest absolute Gasteiger partial charge is 0.350 e. The van der Waals surface area contributed by atoms with Gasteiger partial charge in [0.1, 0.15) is 4.88 Å². The molecule has 2 amide bonds. The monoisotopic (exact) mass is 494 g/mol. The van der Waals surface area contributed by atoms with Crippen LogP contribution in [0.25, 0.3) is 11.1 Å². The molecule has 10 nitrogen and oxygen atoms in total. The number of esters is 1. The predicted octanol–water partition coefficient (Wildman–Crippen LogP) is 3.46. The second-order valence-corrected chi connectivity index (χ2v) is 9.16. The lowest BCUT2D eigenvalue weighted by atomic mass is 10.0. The second kappa shape index (κ2) is 11.4. The number of hydrogen-bond acceptors (Lipinski definition) is 8.